The Morgan fingerprint density at radius 2 is 1.94 bits per heavy atom. The zero-order valence-electron chi connectivity index (χ0n) is 18.9. The van der Waals surface area contributed by atoms with Gasteiger partial charge in [0.2, 0.25) is 5.91 Å². The van der Waals surface area contributed by atoms with E-state index in [4.69, 9.17) is 4.74 Å². The Morgan fingerprint density at radius 3 is 2.58 bits per heavy atom. The van der Waals surface area contributed by atoms with Gasteiger partial charge in [-0.15, -0.1) is 11.8 Å². The molecule has 10 heteroatoms. The molecule has 1 aliphatic carbocycles. The number of ether oxygens (including phenoxy) is 1. The van der Waals surface area contributed by atoms with E-state index in [0.29, 0.717) is 29.8 Å². The van der Waals surface area contributed by atoms with Gasteiger partial charge in [0.1, 0.15) is 0 Å². The molecule has 7 nitrogen and oxygen atoms in total. The second kappa shape index (κ2) is 12.0. The fourth-order valence-corrected chi connectivity index (χ4v) is 6.47. The number of carbonyl (C=O) groups is 2. The van der Waals surface area contributed by atoms with Crippen LogP contribution in [0.4, 0.5) is 5.13 Å². The number of carbonyl (C=O) groups excluding carboxylic acids is 2. The molecule has 3 rings (SSSR count). The second-order valence-corrected chi connectivity index (χ2v) is 12.6. The van der Waals surface area contributed by atoms with Crippen molar-refractivity contribution in [2.45, 2.75) is 60.5 Å². The number of aromatic nitrogens is 1. The van der Waals surface area contributed by atoms with Crippen LogP contribution in [0.15, 0.2) is 39.6 Å². The van der Waals surface area contributed by atoms with Crippen LogP contribution in [0.3, 0.4) is 0 Å². The van der Waals surface area contributed by atoms with E-state index in [-0.39, 0.29) is 22.7 Å². The number of nitrogens with zero attached hydrogens (tertiary/aromatic N) is 1. The quantitative estimate of drug-likeness (QED) is 0.339. The highest BCUT2D eigenvalue weighted by Crippen LogP contribution is 2.36. The van der Waals surface area contributed by atoms with E-state index in [1.54, 1.807) is 37.4 Å². The van der Waals surface area contributed by atoms with Crippen LogP contribution < -0.4 is 5.32 Å². The molecule has 1 N–H and O–H groups in total. The van der Waals surface area contributed by atoms with Gasteiger partial charge in [-0.3, -0.25) is 9.59 Å². The maximum atomic E-state index is 13.2. The molecule has 1 atom stereocenters. The predicted molar refractivity (Wildman–Crippen MR) is 132 cm³/mol. The molecule has 0 spiro atoms. The molecule has 1 aromatic carbocycles. The average Bonchev–Trinajstić information content (AvgIpc) is 3.44. The normalized spacial score (nSPS) is 15.3. The lowest BCUT2D eigenvalue weighted by molar-refractivity contribution is -0.142. The van der Waals surface area contributed by atoms with Crippen molar-refractivity contribution >= 4 is 49.9 Å². The van der Waals surface area contributed by atoms with Crippen molar-refractivity contribution in [1.82, 2.24) is 4.98 Å². The molecule has 1 aliphatic rings. The Balaban J connectivity index is 1.66. The first-order valence-corrected chi connectivity index (χ1v) is 14.8. The summed E-state index contributed by atoms with van der Waals surface area (Å²) in [6, 6.07) is 6.63. The standard InChI is InChI=1S/C23H30N2O5S3/c1-3-30-20(26)12-13-31-21-15-24-23(32-21)25-22(27)19(14-16-6-4-5-7-16)17-8-10-18(11-9-17)33(2,28)29/h8-11,15-16,19H,3-7,12-14H2,1-2H3,(H,24,25,27)/t19-/m0/s1. The molecule has 2 aromatic rings. The van der Waals surface area contributed by atoms with Crippen LogP contribution in [-0.2, 0) is 24.2 Å². The molecule has 33 heavy (non-hydrogen) atoms. The van der Waals surface area contributed by atoms with Crippen LogP contribution in [0.25, 0.3) is 0 Å². The number of hydrogen-bond acceptors (Lipinski definition) is 8. The lowest BCUT2D eigenvalue weighted by Crippen LogP contribution is -2.23. The number of esters is 1. The third-order valence-corrected chi connectivity index (χ3v) is 8.88. The van der Waals surface area contributed by atoms with Gasteiger partial charge in [-0.1, -0.05) is 49.2 Å². The molecule has 0 radical (unpaired) electrons. The first-order valence-electron chi connectivity index (χ1n) is 11.1. The smallest absolute Gasteiger partial charge is 0.306 e. The van der Waals surface area contributed by atoms with Gasteiger partial charge in [0.05, 0.1) is 34.2 Å². The summed E-state index contributed by atoms with van der Waals surface area (Å²) in [6.07, 6.45) is 8.53. The number of amides is 1. The van der Waals surface area contributed by atoms with E-state index >= 15 is 0 Å². The van der Waals surface area contributed by atoms with E-state index in [0.717, 1.165) is 29.0 Å². The van der Waals surface area contributed by atoms with Gasteiger partial charge < -0.3 is 10.1 Å². The molecule has 0 saturated heterocycles. The van der Waals surface area contributed by atoms with Crippen molar-refractivity contribution in [2.24, 2.45) is 5.92 Å². The van der Waals surface area contributed by atoms with Crippen molar-refractivity contribution < 1.29 is 22.7 Å². The van der Waals surface area contributed by atoms with Crippen LogP contribution in [0.2, 0.25) is 0 Å². The lowest BCUT2D eigenvalue weighted by atomic mass is 9.87. The Morgan fingerprint density at radius 1 is 1.24 bits per heavy atom. The van der Waals surface area contributed by atoms with Crippen LogP contribution in [0.5, 0.6) is 0 Å². The second-order valence-electron chi connectivity index (χ2n) is 8.16. The topological polar surface area (TPSA) is 102 Å². The van der Waals surface area contributed by atoms with Crippen LogP contribution in [-0.4, -0.2) is 43.9 Å². The summed E-state index contributed by atoms with van der Waals surface area (Å²) in [7, 11) is -3.29. The number of sulfone groups is 1. The van der Waals surface area contributed by atoms with Gasteiger partial charge in [-0.25, -0.2) is 13.4 Å². The number of thiazole rings is 1. The van der Waals surface area contributed by atoms with E-state index in [1.165, 1.54) is 42.2 Å². The number of hydrogen-bond donors (Lipinski definition) is 1. The monoisotopic (exact) mass is 510 g/mol. The summed E-state index contributed by atoms with van der Waals surface area (Å²) in [4.78, 5) is 29.3. The fourth-order valence-electron chi connectivity index (χ4n) is 3.97. The van der Waals surface area contributed by atoms with Crippen molar-refractivity contribution in [2.75, 3.05) is 23.9 Å². The van der Waals surface area contributed by atoms with Crippen molar-refractivity contribution in [3.05, 3.63) is 36.0 Å². The summed E-state index contributed by atoms with van der Waals surface area (Å²) in [5.41, 5.74) is 0.812. The minimum atomic E-state index is -3.29. The number of rotatable bonds is 11. The molecule has 0 aliphatic heterocycles. The SMILES string of the molecule is CCOC(=O)CCSc1cnc(NC(=O)[C@@H](CC2CCCC2)c2ccc(S(C)(=O)=O)cc2)s1. The highest BCUT2D eigenvalue weighted by atomic mass is 32.2. The molecule has 1 amide bonds. The average molecular weight is 511 g/mol. The maximum absolute atomic E-state index is 13.2. The maximum Gasteiger partial charge on any atom is 0.306 e. The van der Waals surface area contributed by atoms with E-state index in [1.807, 2.05) is 0 Å². The first-order chi connectivity index (χ1) is 15.8. The van der Waals surface area contributed by atoms with Gasteiger partial charge in [0, 0.05) is 12.0 Å². The molecule has 0 unspecified atom stereocenters. The lowest BCUT2D eigenvalue weighted by Gasteiger charge is -2.20. The Labute approximate surface area is 203 Å². The highest BCUT2D eigenvalue weighted by Gasteiger charge is 2.27. The Hall–Kier alpha value is -1.91. The summed E-state index contributed by atoms with van der Waals surface area (Å²) in [5.74, 6) is 0.350. The van der Waals surface area contributed by atoms with E-state index in [9.17, 15) is 18.0 Å². The van der Waals surface area contributed by atoms with Gasteiger partial charge in [-0.2, -0.15) is 0 Å². The number of thioether (sulfide) groups is 1. The number of nitrogens with one attached hydrogen (secondary N) is 1. The molecule has 1 fully saturated rings. The van der Waals surface area contributed by atoms with Gasteiger partial charge in [-0.05, 0) is 37.0 Å². The van der Waals surface area contributed by atoms with Gasteiger partial charge in [0.25, 0.3) is 0 Å². The summed E-state index contributed by atoms with van der Waals surface area (Å²) >= 11 is 2.88. The summed E-state index contributed by atoms with van der Waals surface area (Å²) in [5, 5.41) is 3.46. The fraction of sp³-hybridized carbons (Fsp3) is 0.522. The first kappa shape index (κ1) is 25.7. The minimum Gasteiger partial charge on any atom is -0.466 e. The molecule has 1 saturated carbocycles. The van der Waals surface area contributed by atoms with Crippen LogP contribution in [0, 0.1) is 5.92 Å². The predicted octanol–water partition coefficient (Wildman–Crippen LogP) is 4.89. The van der Waals surface area contributed by atoms with Crippen molar-refractivity contribution in [3.8, 4) is 0 Å². The van der Waals surface area contributed by atoms with Gasteiger partial charge in [0.15, 0.2) is 15.0 Å². The zero-order chi connectivity index (χ0) is 23.8. The Bertz CT molecular complexity index is 1040. The highest BCUT2D eigenvalue weighted by molar-refractivity contribution is 8.01. The number of anilines is 1. The van der Waals surface area contributed by atoms with Gasteiger partial charge >= 0.3 is 5.97 Å². The van der Waals surface area contributed by atoms with Crippen LogP contribution >= 0.6 is 23.1 Å². The third-order valence-electron chi connectivity index (χ3n) is 5.64. The molecular formula is C23H30N2O5S3. The van der Waals surface area contributed by atoms with Crippen molar-refractivity contribution in [1.29, 1.82) is 0 Å². The molecule has 180 valence electrons. The molecule has 1 aromatic heterocycles. The minimum absolute atomic E-state index is 0.133. The van der Waals surface area contributed by atoms with E-state index < -0.39 is 9.84 Å². The number of benzene rings is 1. The molecular weight excluding hydrogens is 480 g/mol. The summed E-state index contributed by atoms with van der Waals surface area (Å²) in [6.45, 7) is 2.16. The zero-order valence-corrected chi connectivity index (χ0v) is 21.4. The Kier molecular flexibility index (Phi) is 9.34. The van der Waals surface area contributed by atoms with Crippen molar-refractivity contribution in [3.63, 3.8) is 0 Å². The molecule has 0 bridgehead atoms. The van der Waals surface area contributed by atoms with E-state index in [2.05, 4.69) is 10.3 Å². The largest absolute Gasteiger partial charge is 0.466 e. The van der Waals surface area contributed by atoms with Crippen LogP contribution in [0.1, 0.15) is 56.9 Å². The summed E-state index contributed by atoms with van der Waals surface area (Å²) < 4.78 is 29.5. The molecule has 1 heterocycles. The third kappa shape index (κ3) is 7.82.